The van der Waals surface area contributed by atoms with Gasteiger partial charge in [-0.15, -0.1) is 0 Å². The van der Waals surface area contributed by atoms with Crippen LogP contribution in [0.3, 0.4) is 0 Å². The molecule has 0 saturated carbocycles. The first-order valence-corrected chi connectivity index (χ1v) is 5.83. The standard InChI is InChI=1S/C12H23N3/c1-5-13-11(3)8-10(2)9-12-6-7-15(4)14-12/h6-7,10-11,13H,5,8-9H2,1-4H3. The number of rotatable bonds is 6. The Hall–Kier alpha value is -0.830. The summed E-state index contributed by atoms with van der Waals surface area (Å²) in [5, 5.41) is 7.84. The molecule has 0 bridgehead atoms. The molecule has 86 valence electrons. The summed E-state index contributed by atoms with van der Waals surface area (Å²) >= 11 is 0. The molecule has 3 nitrogen and oxygen atoms in total. The van der Waals surface area contributed by atoms with Crippen LogP contribution >= 0.6 is 0 Å². The number of nitrogens with zero attached hydrogens (tertiary/aromatic N) is 2. The van der Waals surface area contributed by atoms with Gasteiger partial charge in [0.2, 0.25) is 0 Å². The van der Waals surface area contributed by atoms with Gasteiger partial charge in [-0.05, 0) is 38.3 Å². The van der Waals surface area contributed by atoms with Gasteiger partial charge in [-0.3, -0.25) is 4.68 Å². The zero-order valence-electron chi connectivity index (χ0n) is 10.3. The van der Waals surface area contributed by atoms with E-state index in [1.807, 2.05) is 17.9 Å². The van der Waals surface area contributed by atoms with Crippen LogP contribution in [0.1, 0.15) is 32.9 Å². The second kappa shape index (κ2) is 5.91. The molecule has 1 aromatic heterocycles. The molecule has 0 saturated heterocycles. The van der Waals surface area contributed by atoms with E-state index >= 15 is 0 Å². The van der Waals surface area contributed by atoms with Crippen molar-refractivity contribution in [2.75, 3.05) is 6.54 Å². The van der Waals surface area contributed by atoms with Gasteiger partial charge in [-0.2, -0.15) is 5.10 Å². The monoisotopic (exact) mass is 209 g/mol. The summed E-state index contributed by atoms with van der Waals surface area (Å²) in [7, 11) is 1.97. The SMILES string of the molecule is CCNC(C)CC(C)Cc1ccn(C)n1. The lowest BCUT2D eigenvalue weighted by atomic mass is 9.98. The minimum absolute atomic E-state index is 0.605. The van der Waals surface area contributed by atoms with Crippen LogP contribution in [-0.4, -0.2) is 22.4 Å². The first-order valence-electron chi connectivity index (χ1n) is 5.83. The predicted octanol–water partition coefficient (Wildman–Crippen LogP) is 1.99. The molecule has 0 aliphatic carbocycles. The zero-order chi connectivity index (χ0) is 11.3. The Bertz CT molecular complexity index is 280. The van der Waals surface area contributed by atoms with Gasteiger partial charge in [-0.25, -0.2) is 0 Å². The second-order valence-corrected chi connectivity index (χ2v) is 4.48. The fourth-order valence-corrected chi connectivity index (χ4v) is 2.05. The molecule has 0 amide bonds. The van der Waals surface area contributed by atoms with Crippen LogP contribution < -0.4 is 5.32 Å². The average Bonchev–Trinajstić information content (AvgIpc) is 2.51. The third kappa shape index (κ3) is 4.47. The molecule has 1 N–H and O–H groups in total. The van der Waals surface area contributed by atoms with Gasteiger partial charge in [0.25, 0.3) is 0 Å². The smallest absolute Gasteiger partial charge is 0.0627 e. The Kier molecular flexibility index (Phi) is 4.82. The summed E-state index contributed by atoms with van der Waals surface area (Å²) in [6.07, 6.45) is 4.30. The Morgan fingerprint density at radius 1 is 1.47 bits per heavy atom. The lowest BCUT2D eigenvalue weighted by Gasteiger charge is -2.16. The highest BCUT2D eigenvalue weighted by atomic mass is 15.2. The van der Waals surface area contributed by atoms with Crippen molar-refractivity contribution in [3.05, 3.63) is 18.0 Å². The second-order valence-electron chi connectivity index (χ2n) is 4.48. The van der Waals surface area contributed by atoms with Gasteiger partial charge in [0.1, 0.15) is 0 Å². The van der Waals surface area contributed by atoms with E-state index in [4.69, 9.17) is 0 Å². The van der Waals surface area contributed by atoms with E-state index in [9.17, 15) is 0 Å². The van der Waals surface area contributed by atoms with Gasteiger partial charge in [0.05, 0.1) is 5.69 Å². The fourth-order valence-electron chi connectivity index (χ4n) is 2.05. The van der Waals surface area contributed by atoms with Crippen LogP contribution in [0.5, 0.6) is 0 Å². The summed E-state index contributed by atoms with van der Waals surface area (Å²) in [5.74, 6) is 0.689. The van der Waals surface area contributed by atoms with Crippen LogP contribution in [0.2, 0.25) is 0 Å². The van der Waals surface area contributed by atoms with Crippen molar-refractivity contribution in [2.24, 2.45) is 13.0 Å². The van der Waals surface area contributed by atoms with Crippen molar-refractivity contribution in [1.82, 2.24) is 15.1 Å². The van der Waals surface area contributed by atoms with Gasteiger partial charge in [0.15, 0.2) is 0 Å². The molecule has 0 fully saturated rings. The lowest BCUT2D eigenvalue weighted by molar-refractivity contribution is 0.422. The summed E-state index contributed by atoms with van der Waals surface area (Å²) in [4.78, 5) is 0. The van der Waals surface area contributed by atoms with Crippen LogP contribution in [0.25, 0.3) is 0 Å². The van der Waals surface area contributed by atoms with Crippen molar-refractivity contribution in [3.63, 3.8) is 0 Å². The number of aryl methyl sites for hydroxylation is 1. The van der Waals surface area contributed by atoms with Crippen molar-refractivity contribution in [1.29, 1.82) is 0 Å². The molecule has 0 spiro atoms. The maximum absolute atomic E-state index is 4.40. The molecule has 0 aliphatic heterocycles. The van der Waals surface area contributed by atoms with Crippen molar-refractivity contribution in [2.45, 2.75) is 39.7 Å². The predicted molar refractivity (Wildman–Crippen MR) is 63.8 cm³/mol. The van der Waals surface area contributed by atoms with Gasteiger partial charge >= 0.3 is 0 Å². The van der Waals surface area contributed by atoms with E-state index in [1.165, 1.54) is 12.1 Å². The lowest BCUT2D eigenvalue weighted by Crippen LogP contribution is -2.27. The van der Waals surface area contributed by atoms with Gasteiger partial charge in [0, 0.05) is 19.3 Å². The molecule has 15 heavy (non-hydrogen) atoms. The summed E-state index contributed by atoms with van der Waals surface area (Å²) in [6.45, 7) is 7.75. The van der Waals surface area contributed by atoms with Crippen molar-refractivity contribution >= 4 is 0 Å². The molecule has 3 heteroatoms. The van der Waals surface area contributed by atoms with Gasteiger partial charge in [-0.1, -0.05) is 13.8 Å². The average molecular weight is 209 g/mol. The minimum Gasteiger partial charge on any atom is -0.315 e. The van der Waals surface area contributed by atoms with Crippen LogP contribution in [0.4, 0.5) is 0 Å². The van der Waals surface area contributed by atoms with E-state index < -0.39 is 0 Å². The highest BCUT2D eigenvalue weighted by Crippen LogP contribution is 2.12. The largest absolute Gasteiger partial charge is 0.315 e. The minimum atomic E-state index is 0.605. The molecule has 1 heterocycles. The Morgan fingerprint density at radius 2 is 2.20 bits per heavy atom. The van der Waals surface area contributed by atoms with Gasteiger partial charge < -0.3 is 5.32 Å². The molecular weight excluding hydrogens is 186 g/mol. The van der Waals surface area contributed by atoms with Crippen molar-refractivity contribution in [3.8, 4) is 0 Å². The highest BCUT2D eigenvalue weighted by molar-refractivity contribution is 4.99. The number of hydrogen-bond acceptors (Lipinski definition) is 2. The quantitative estimate of drug-likeness (QED) is 0.776. The Balaban J connectivity index is 2.32. The summed E-state index contributed by atoms with van der Waals surface area (Å²) in [6, 6.07) is 2.71. The number of nitrogens with one attached hydrogen (secondary N) is 1. The summed E-state index contributed by atoms with van der Waals surface area (Å²) < 4.78 is 1.87. The molecule has 1 rings (SSSR count). The van der Waals surface area contributed by atoms with E-state index in [2.05, 4.69) is 37.3 Å². The van der Waals surface area contributed by atoms with Crippen LogP contribution in [0, 0.1) is 5.92 Å². The first-order chi connectivity index (χ1) is 7.11. The maximum atomic E-state index is 4.40. The molecule has 2 unspecified atom stereocenters. The zero-order valence-corrected chi connectivity index (χ0v) is 10.3. The van der Waals surface area contributed by atoms with Crippen LogP contribution in [-0.2, 0) is 13.5 Å². The molecular formula is C12H23N3. The Morgan fingerprint density at radius 3 is 2.73 bits per heavy atom. The Labute approximate surface area is 92.9 Å². The molecule has 1 aromatic rings. The van der Waals surface area contributed by atoms with E-state index in [0.29, 0.717) is 12.0 Å². The topological polar surface area (TPSA) is 29.9 Å². The number of hydrogen-bond donors (Lipinski definition) is 1. The first kappa shape index (κ1) is 12.2. The molecule has 2 atom stereocenters. The molecule has 0 aromatic carbocycles. The van der Waals surface area contributed by atoms with Crippen molar-refractivity contribution < 1.29 is 0 Å². The third-order valence-electron chi connectivity index (χ3n) is 2.63. The fraction of sp³-hybridized carbons (Fsp3) is 0.750. The molecule has 0 aliphatic rings. The normalized spacial score (nSPS) is 15.2. The third-order valence-corrected chi connectivity index (χ3v) is 2.63. The number of aromatic nitrogens is 2. The highest BCUT2D eigenvalue weighted by Gasteiger charge is 2.09. The van der Waals surface area contributed by atoms with Crippen LogP contribution in [0.15, 0.2) is 12.3 Å². The summed E-state index contributed by atoms with van der Waals surface area (Å²) in [5.41, 5.74) is 1.20. The molecule has 0 radical (unpaired) electrons. The van der Waals surface area contributed by atoms with E-state index in [0.717, 1.165) is 13.0 Å². The van der Waals surface area contributed by atoms with E-state index in [1.54, 1.807) is 0 Å². The van der Waals surface area contributed by atoms with E-state index in [-0.39, 0.29) is 0 Å². The maximum Gasteiger partial charge on any atom is 0.0627 e.